The van der Waals surface area contributed by atoms with E-state index in [1.807, 2.05) is 0 Å². The molecule has 0 spiro atoms. The fourth-order valence-corrected chi connectivity index (χ4v) is 5.46. The highest BCUT2D eigenvalue weighted by Gasteiger charge is 2.39. The molecule has 2 fully saturated rings. The Morgan fingerprint density at radius 1 is 1.11 bits per heavy atom. The molecule has 2 nitrogen and oxygen atoms in total. The van der Waals surface area contributed by atoms with Crippen molar-refractivity contribution in [1.82, 2.24) is 0 Å². The van der Waals surface area contributed by atoms with Crippen molar-refractivity contribution in [2.75, 3.05) is 6.67 Å². The third-order valence-corrected chi connectivity index (χ3v) is 6.49. The fourth-order valence-electron chi connectivity index (χ4n) is 3.27. The Balaban J connectivity index is 1.79. The standard InChI is InChI=1S/C14H23FO2S/c15-8-3-1-2-7-14(16)11-9-12-5-4-6-13(10-11)18(12)17/h11-13H,1-10H2. The van der Waals surface area contributed by atoms with Crippen molar-refractivity contribution >= 4 is 16.6 Å². The van der Waals surface area contributed by atoms with Gasteiger partial charge in [-0.05, 0) is 38.5 Å². The summed E-state index contributed by atoms with van der Waals surface area (Å²) in [6.07, 6.45) is 7.73. The number of ketones is 1. The number of halogens is 1. The van der Waals surface area contributed by atoms with Crippen LogP contribution in [0.3, 0.4) is 0 Å². The van der Waals surface area contributed by atoms with Gasteiger partial charge in [-0.2, -0.15) is 0 Å². The van der Waals surface area contributed by atoms with E-state index in [0.717, 1.165) is 38.5 Å². The second kappa shape index (κ2) is 6.78. The Morgan fingerprint density at radius 2 is 1.78 bits per heavy atom. The van der Waals surface area contributed by atoms with Crippen LogP contribution >= 0.6 is 0 Å². The summed E-state index contributed by atoms with van der Waals surface area (Å²) in [7, 11) is -0.684. The predicted molar refractivity (Wildman–Crippen MR) is 71.7 cm³/mol. The number of Topliss-reactive ketones (excluding diaryl/α,β-unsaturated/α-hetero) is 1. The third kappa shape index (κ3) is 3.40. The summed E-state index contributed by atoms with van der Waals surface area (Å²) >= 11 is 0. The largest absolute Gasteiger partial charge is 0.299 e. The van der Waals surface area contributed by atoms with E-state index in [4.69, 9.17) is 0 Å². The average molecular weight is 274 g/mol. The van der Waals surface area contributed by atoms with Crippen LogP contribution in [0.4, 0.5) is 4.39 Å². The molecule has 2 aliphatic heterocycles. The first-order valence-electron chi connectivity index (χ1n) is 7.20. The van der Waals surface area contributed by atoms with E-state index >= 15 is 0 Å². The zero-order valence-electron chi connectivity index (χ0n) is 10.9. The smallest absolute Gasteiger partial charge is 0.136 e. The summed E-state index contributed by atoms with van der Waals surface area (Å²) < 4.78 is 24.0. The third-order valence-electron chi connectivity index (χ3n) is 4.32. The number of hydrogen-bond acceptors (Lipinski definition) is 2. The second-order valence-corrected chi connectivity index (χ2v) is 7.63. The van der Waals surface area contributed by atoms with Crippen molar-refractivity contribution in [3.8, 4) is 0 Å². The highest BCUT2D eigenvalue weighted by atomic mass is 32.2. The molecular formula is C14H23FO2S. The monoisotopic (exact) mass is 274 g/mol. The first kappa shape index (κ1) is 14.2. The molecule has 0 aliphatic carbocycles. The molecule has 2 aliphatic rings. The quantitative estimate of drug-likeness (QED) is 0.697. The van der Waals surface area contributed by atoms with Crippen LogP contribution in [0.2, 0.25) is 0 Å². The molecule has 0 radical (unpaired) electrons. The molecule has 2 saturated heterocycles. The lowest BCUT2D eigenvalue weighted by Crippen LogP contribution is -2.41. The Kier molecular flexibility index (Phi) is 5.34. The van der Waals surface area contributed by atoms with E-state index in [1.54, 1.807) is 0 Å². The topological polar surface area (TPSA) is 34.1 Å². The summed E-state index contributed by atoms with van der Waals surface area (Å²) in [6.45, 7) is -0.277. The van der Waals surface area contributed by atoms with Crippen LogP contribution < -0.4 is 0 Å². The van der Waals surface area contributed by atoms with Crippen LogP contribution in [0.15, 0.2) is 0 Å². The Morgan fingerprint density at radius 3 is 2.39 bits per heavy atom. The molecule has 2 atom stereocenters. The molecule has 0 aromatic heterocycles. The molecule has 2 bridgehead atoms. The Hall–Kier alpha value is -0.250. The first-order chi connectivity index (χ1) is 8.72. The van der Waals surface area contributed by atoms with Crippen LogP contribution in [-0.2, 0) is 15.6 Å². The zero-order valence-corrected chi connectivity index (χ0v) is 11.7. The molecule has 0 aromatic carbocycles. The van der Waals surface area contributed by atoms with Gasteiger partial charge in [0, 0.05) is 33.6 Å². The molecule has 0 aromatic rings. The highest BCUT2D eigenvalue weighted by Crippen LogP contribution is 2.37. The van der Waals surface area contributed by atoms with Gasteiger partial charge in [0.15, 0.2) is 0 Å². The van der Waals surface area contributed by atoms with Crippen LogP contribution in [0.1, 0.15) is 57.8 Å². The van der Waals surface area contributed by atoms with Gasteiger partial charge in [0.2, 0.25) is 0 Å². The van der Waals surface area contributed by atoms with Crippen molar-refractivity contribution in [2.45, 2.75) is 68.3 Å². The minimum Gasteiger partial charge on any atom is -0.299 e. The Bertz CT molecular complexity index is 303. The van der Waals surface area contributed by atoms with Gasteiger partial charge < -0.3 is 0 Å². The van der Waals surface area contributed by atoms with Crippen LogP contribution in [0, 0.1) is 5.92 Å². The van der Waals surface area contributed by atoms with Gasteiger partial charge in [-0.15, -0.1) is 0 Å². The SMILES string of the molecule is O=C(CCCCCF)C1CC2CCCC(C1)S2=O. The van der Waals surface area contributed by atoms with Crippen molar-refractivity contribution in [3.05, 3.63) is 0 Å². The van der Waals surface area contributed by atoms with Gasteiger partial charge in [0.05, 0.1) is 6.67 Å². The number of rotatable bonds is 6. The summed E-state index contributed by atoms with van der Waals surface area (Å²) in [5.74, 6) is 0.478. The van der Waals surface area contributed by atoms with E-state index < -0.39 is 10.8 Å². The van der Waals surface area contributed by atoms with Gasteiger partial charge in [-0.1, -0.05) is 12.8 Å². The summed E-state index contributed by atoms with van der Waals surface area (Å²) in [5.41, 5.74) is 0. The lowest BCUT2D eigenvalue weighted by molar-refractivity contribution is -0.123. The molecule has 0 saturated carbocycles. The Labute approximate surface area is 111 Å². The van der Waals surface area contributed by atoms with Crippen molar-refractivity contribution < 1.29 is 13.4 Å². The minimum absolute atomic E-state index is 0.142. The van der Waals surface area contributed by atoms with Gasteiger partial charge in [-0.3, -0.25) is 13.4 Å². The van der Waals surface area contributed by atoms with Gasteiger partial charge in [0.1, 0.15) is 5.78 Å². The molecule has 4 heteroatoms. The summed E-state index contributed by atoms with van der Waals surface area (Å²) in [5, 5.41) is 0.551. The van der Waals surface area contributed by atoms with E-state index in [2.05, 4.69) is 0 Å². The van der Waals surface area contributed by atoms with Crippen molar-refractivity contribution in [2.24, 2.45) is 5.92 Å². The molecular weight excluding hydrogens is 251 g/mol. The number of carbonyl (C=O) groups excluding carboxylic acids is 1. The summed E-state index contributed by atoms with van der Waals surface area (Å²) in [6, 6.07) is 0. The van der Waals surface area contributed by atoms with Crippen LogP contribution in [0.25, 0.3) is 0 Å². The molecule has 104 valence electrons. The van der Waals surface area contributed by atoms with Gasteiger partial charge in [-0.25, -0.2) is 0 Å². The van der Waals surface area contributed by atoms with Gasteiger partial charge in [0.25, 0.3) is 0 Å². The lowest BCUT2D eigenvalue weighted by Gasteiger charge is -2.37. The molecule has 2 unspecified atom stereocenters. The second-order valence-electron chi connectivity index (χ2n) is 5.64. The van der Waals surface area contributed by atoms with E-state index in [-0.39, 0.29) is 23.1 Å². The fraction of sp³-hybridized carbons (Fsp3) is 0.929. The van der Waals surface area contributed by atoms with E-state index in [0.29, 0.717) is 18.6 Å². The maximum Gasteiger partial charge on any atom is 0.136 e. The lowest BCUT2D eigenvalue weighted by atomic mass is 9.85. The molecule has 2 heterocycles. The number of unbranched alkanes of at least 4 members (excludes halogenated alkanes) is 2. The number of hydrogen-bond donors (Lipinski definition) is 0. The zero-order chi connectivity index (χ0) is 13.0. The van der Waals surface area contributed by atoms with Crippen molar-refractivity contribution in [1.29, 1.82) is 0 Å². The van der Waals surface area contributed by atoms with Gasteiger partial charge >= 0.3 is 0 Å². The van der Waals surface area contributed by atoms with Crippen LogP contribution in [0.5, 0.6) is 0 Å². The highest BCUT2D eigenvalue weighted by molar-refractivity contribution is 7.86. The normalized spacial score (nSPS) is 35.4. The molecule has 18 heavy (non-hydrogen) atoms. The number of fused-ring (bicyclic) bond motifs is 2. The summed E-state index contributed by atoms with van der Waals surface area (Å²) in [4.78, 5) is 12.1. The molecule has 0 amide bonds. The molecule has 0 N–H and O–H groups in total. The first-order valence-corrected chi connectivity index (χ1v) is 8.48. The van der Waals surface area contributed by atoms with Crippen LogP contribution in [-0.4, -0.2) is 27.2 Å². The average Bonchev–Trinajstić information content (AvgIpc) is 2.34. The van der Waals surface area contributed by atoms with Crippen molar-refractivity contribution in [3.63, 3.8) is 0 Å². The maximum absolute atomic E-state index is 12.1. The maximum atomic E-state index is 12.1. The predicted octanol–water partition coefficient (Wildman–Crippen LogP) is 3.17. The molecule has 2 rings (SSSR count). The van der Waals surface area contributed by atoms with E-state index in [1.165, 1.54) is 6.42 Å². The van der Waals surface area contributed by atoms with E-state index in [9.17, 15) is 13.4 Å². The minimum atomic E-state index is -0.684. The number of carbonyl (C=O) groups is 1. The number of alkyl halides is 1.